The molecule has 0 spiro atoms. The predicted molar refractivity (Wildman–Crippen MR) is 77.5 cm³/mol. The van der Waals surface area contributed by atoms with Crippen molar-refractivity contribution in [1.29, 1.82) is 0 Å². The van der Waals surface area contributed by atoms with Gasteiger partial charge in [0, 0.05) is 11.8 Å². The molecule has 0 aliphatic heterocycles. The Bertz CT molecular complexity index is 545. The number of allylic oxidation sites excluding steroid dienone is 2. The molecule has 98 valence electrons. The first kappa shape index (κ1) is 14.6. The van der Waals surface area contributed by atoms with Gasteiger partial charge in [0.15, 0.2) is 0 Å². The molecular weight excluding hydrogens is 238 g/mol. The molecule has 0 saturated carbocycles. The van der Waals surface area contributed by atoms with Crippen LogP contribution in [0.4, 0.5) is 5.69 Å². The maximum atomic E-state index is 12.0. The van der Waals surface area contributed by atoms with Crippen molar-refractivity contribution >= 4 is 11.6 Å². The van der Waals surface area contributed by atoms with Crippen LogP contribution < -0.4 is 5.32 Å². The van der Waals surface area contributed by atoms with Crippen LogP contribution >= 0.6 is 0 Å². The van der Waals surface area contributed by atoms with Crippen LogP contribution in [0, 0.1) is 19.3 Å². The SMILES string of the molecule is C#C/C(=C\C(=C/C)OC)C(=O)Nc1ccc(C)cc1. The summed E-state index contributed by atoms with van der Waals surface area (Å²) < 4.78 is 5.06. The van der Waals surface area contributed by atoms with Crippen LogP contribution in [0.3, 0.4) is 0 Å². The fourth-order valence-corrected chi connectivity index (χ4v) is 1.41. The van der Waals surface area contributed by atoms with Crippen molar-refractivity contribution in [2.24, 2.45) is 0 Å². The van der Waals surface area contributed by atoms with Crippen LogP contribution in [-0.4, -0.2) is 13.0 Å². The predicted octanol–water partition coefficient (Wildman–Crippen LogP) is 3.04. The molecule has 0 aliphatic rings. The van der Waals surface area contributed by atoms with Crippen LogP contribution in [-0.2, 0) is 9.53 Å². The fourth-order valence-electron chi connectivity index (χ4n) is 1.41. The number of carbonyl (C=O) groups excluding carboxylic acids is 1. The minimum absolute atomic E-state index is 0.218. The van der Waals surface area contributed by atoms with E-state index in [4.69, 9.17) is 11.2 Å². The molecular formula is C16H17NO2. The van der Waals surface area contributed by atoms with Crippen molar-refractivity contribution in [3.8, 4) is 12.3 Å². The highest BCUT2D eigenvalue weighted by Gasteiger charge is 2.08. The Kier molecular flexibility index (Phi) is 5.43. The van der Waals surface area contributed by atoms with Gasteiger partial charge in [0.1, 0.15) is 5.76 Å². The van der Waals surface area contributed by atoms with Gasteiger partial charge < -0.3 is 10.1 Å². The standard InChI is InChI=1S/C16H17NO2/c1-5-13(11-15(6-2)19-4)16(18)17-14-9-7-12(3)8-10-14/h1,6-11H,2-4H3,(H,17,18)/b13-11+,15-6+. The number of rotatable bonds is 4. The first-order chi connectivity index (χ1) is 9.10. The van der Waals surface area contributed by atoms with Gasteiger partial charge in [-0.25, -0.2) is 0 Å². The van der Waals surface area contributed by atoms with E-state index in [-0.39, 0.29) is 11.5 Å². The third-order valence-electron chi connectivity index (χ3n) is 2.52. The molecule has 0 aromatic heterocycles. The molecule has 3 nitrogen and oxygen atoms in total. The highest BCUT2D eigenvalue weighted by molar-refractivity contribution is 6.07. The number of terminal acetylenes is 1. The second-order valence-electron chi connectivity index (χ2n) is 3.92. The normalized spacial score (nSPS) is 11.7. The molecule has 0 heterocycles. The first-order valence-corrected chi connectivity index (χ1v) is 5.87. The fraction of sp³-hybridized carbons (Fsp3) is 0.188. The summed E-state index contributed by atoms with van der Waals surface area (Å²) in [7, 11) is 1.53. The minimum Gasteiger partial charge on any atom is -0.497 e. The lowest BCUT2D eigenvalue weighted by atomic mass is 10.2. The largest absolute Gasteiger partial charge is 0.497 e. The molecule has 0 fully saturated rings. The molecule has 1 rings (SSSR count). The van der Waals surface area contributed by atoms with Crippen molar-refractivity contribution in [3.63, 3.8) is 0 Å². The van der Waals surface area contributed by atoms with Crippen LogP contribution in [0.2, 0.25) is 0 Å². The maximum absolute atomic E-state index is 12.0. The molecule has 3 heteroatoms. The Labute approximate surface area is 114 Å². The molecule has 0 unspecified atom stereocenters. The smallest absolute Gasteiger partial charge is 0.264 e. The highest BCUT2D eigenvalue weighted by atomic mass is 16.5. The van der Waals surface area contributed by atoms with Crippen LogP contribution in [0.15, 0.2) is 47.7 Å². The Hall–Kier alpha value is -2.47. The summed E-state index contributed by atoms with van der Waals surface area (Å²) in [4.78, 5) is 12.0. The molecule has 1 N–H and O–H groups in total. The lowest BCUT2D eigenvalue weighted by molar-refractivity contribution is -0.112. The van der Waals surface area contributed by atoms with Crippen molar-refractivity contribution in [2.75, 3.05) is 12.4 Å². The van der Waals surface area contributed by atoms with E-state index >= 15 is 0 Å². The van der Waals surface area contributed by atoms with Gasteiger partial charge in [-0.15, -0.1) is 6.42 Å². The van der Waals surface area contributed by atoms with E-state index < -0.39 is 0 Å². The number of benzene rings is 1. The van der Waals surface area contributed by atoms with E-state index in [2.05, 4.69) is 11.2 Å². The molecule has 1 aromatic carbocycles. The van der Waals surface area contributed by atoms with Gasteiger partial charge in [0.25, 0.3) is 5.91 Å². The maximum Gasteiger partial charge on any atom is 0.264 e. The third kappa shape index (κ3) is 4.36. The Morgan fingerprint density at radius 3 is 2.47 bits per heavy atom. The zero-order chi connectivity index (χ0) is 14.3. The van der Waals surface area contributed by atoms with E-state index in [1.165, 1.54) is 13.2 Å². The third-order valence-corrected chi connectivity index (χ3v) is 2.52. The summed E-state index contributed by atoms with van der Waals surface area (Å²) in [6.07, 6.45) is 8.61. The minimum atomic E-state index is -0.331. The van der Waals surface area contributed by atoms with Crippen LogP contribution in [0.25, 0.3) is 0 Å². The Morgan fingerprint density at radius 1 is 1.37 bits per heavy atom. The number of hydrogen-bond acceptors (Lipinski definition) is 2. The van der Waals surface area contributed by atoms with Gasteiger partial charge in [-0.2, -0.15) is 0 Å². The van der Waals surface area contributed by atoms with E-state index in [1.807, 2.05) is 31.2 Å². The quantitative estimate of drug-likeness (QED) is 0.388. The van der Waals surface area contributed by atoms with E-state index in [0.717, 1.165) is 5.56 Å². The summed E-state index contributed by atoms with van der Waals surface area (Å²) in [5.41, 5.74) is 2.05. The summed E-state index contributed by atoms with van der Waals surface area (Å²) >= 11 is 0. The van der Waals surface area contributed by atoms with Gasteiger partial charge in [-0.1, -0.05) is 23.6 Å². The van der Waals surface area contributed by atoms with E-state index in [1.54, 1.807) is 13.0 Å². The van der Waals surface area contributed by atoms with Gasteiger partial charge in [-0.3, -0.25) is 4.79 Å². The number of amides is 1. The molecule has 0 bridgehead atoms. The summed E-state index contributed by atoms with van der Waals surface area (Å²) in [5, 5.41) is 2.74. The molecule has 19 heavy (non-hydrogen) atoms. The molecule has 0 atom stereocenters. The van der Waals surface area contributed by atoms with Crippen molar-refractivity contribution in [3.05, 3.63) is 53.3 Å². The average Bonchev–Trinajstić information content (AvgIpc) is 2.42. The summed E-state index contributed by atoms with van der Waals surface area (Å²) in [5.74, 6) is 2.58. The first-order valence-electron chi connectivity index (χ1n) is 5.87. The molecule has 1 aromatic rings. The molecule has 0 saturated heterocycles. The summed E-state index contributed by atoms with van der Waals surface area (Å²) in [6.45, 7) is 3.79. The number of carbonyl (C=O) groups is 1. The molecule has 0 radical (unpaired) electrons. The van der Waals surface area contributed by atoms with Crippen molar-refractivity contribution in [2.45, 2.75) is 13.8 Å². The number of methoxy groups -OCH3 is 1. The second-order valence-corrected chi connectivity index (χ2v) is 3.92. The van der Waals surface area contributed by atoms with Crippen LogP contribution in [0.1, 0.15) is 12.5 Å². The average molecular weight is 255 g/mol. The summed E-state index contributed by atoms with van der Waals surface area (Å²) in [6, 6.07) is 7.49. The lowest BCUT2D eigenvalue weighted by Crippen LogP contribution is -2.13. The van der Waals surface area contributed by atoms with Crippen LogP contribution in [0.5, 0.6) is 0 Å². The van der Waals surface area contributed by atoms with Gasteiger partial charge >= 0.3 is 0 Å². The van der Waals surface area contributed by atoms with Gasteiger partial charge in [-0.05, 0) is 32.1 Å². The zero-order valence-corrected chi connectivity index (χ0v) is 11.4. The van der Waals surface area contributed by atoms with Crippen molar-refractivity contribution in [1.82, 2.24) is 0 Å². The number of hydrogen-bond donors (Lipinski definition) is 1. The van der Waals surface area contributed by atoms with Crippen molar-refractivity contribution < 1.29 is 9.53 Å². The van der Waals surface area contributed by atoms with E-state index in [0.29, 0.717) is 11.4 Å². The topological polar surface area (TPSA) is 38.3 Å². The van der Waals surface area contributed by atoms with E-state index in [9.17, 15) is 4.79 Å². The Balaban J connectivity index is 2.86. The van der Waals surface area contributed by atoms with Gasteiger partial charge in [0.2, 0.25) is 0 Å². The van der Waals surface area contributed by atoms with Gasteiger partial charge in [0.05, 0.1) is 12.7 Å². The molecule has 0 aliphatic carbocycles. The molecule has 1 amide bonds. The number of ether oxygens (including phenoxy) is 1. The highest BCUT2D eigenvalue weighted by Crippen LogP contribution is 2.11. The zero-order valence-electron chi connectivity index (χ0n) is 11.4. The number of aryl methyl sites for hydroxylation is 1. The Morgan fingerprint density at radius 2 is 2.00 bits per heavy atom. The second kappa shape index (κ2) is 7.07. The number of nitrogens with one attached hydrogen (secondary N) is 1. The monoisotopic (exact) mass is 255 g/mol. The lowest BCUT2D eigenvalue weighted by Gasteiger charge is -2.06. The number of anilines is 1.